The Morgan fingerprint density at radius 3 is 2.93 bits per heavy atom. The summed E-state index contributed by atoms with van der Waals surface area (Å²) >= 11 is 0. The molecule has 0 bridgehead atoms. The standard InChI is InChI=1S/C11H24N2O2/c1-11-10-13(6-4-12-11)5-3-7-15-9-8-14-2/h11-12H,3-10H2,1-2H3/t11-/m0/s1. The minimum atomic E-state index is 0.633. The Hall–Kier alpha value is -0.160. The zero-order chi connectivity index (χ0) is 10.9. The zero-order valence-electron chi connectivity index (χ0n) is 10.00. The lowest BCUT2D eigenvalue weighted by atomic mass is 10.2. The molecule has 0 amide bonds. The van der Waals surface area contributed by atoms with Crippen LogP contribution in [0, 0.1) is 0 Å². The predicted octanol–water partition coefficient (Wildman–Crippen LogP) is 0.333. The first-order chi connectivity index (χ1) is 7.33. The molecule has 1 aliphatic heterocycles. The smallest absolute Gasteiger partial charge is 0.0700 e. The summed E-state index contributed by atoms with van der Waals surface area (Å²) in [6, 6.07) is 0.633. The van der Waals surface area contributed by atoms with Gasteiger partial charge in [0.25, 0.3) is 0 Å². The summed E-state index contributed by atoms with van der Waals surface area (Å²) in [5.74, 6) is 0. The Labute approximate surface area is 92.9 Å². The highest BCUT2D eigenvalue weighted by Crippen LogP contribution is 1.99. The molecule has 0 aromatic heterocycles. The van der Waals surface area contributed by atoms with Crippen molar-refractivity contribution in [2.24, 2.45) is 0 Å². The van der Waals surface area contributed by atoms with E-state index in [1.54, 1.807) is 7.11 Å². The van der Waals surface area contributed by atoms with Gasteiger partial charge in [-0.25, -0.2) is 0 Å². The van der Waals surface area contributed by atoms with E-state index in [2.05, 4.69) is 17.1 Å². The molecule has 1 saturated heterocycles. The van der Waals surface area contributed by atoms with Crippen molar-refractivity contribution in [1.29, 1.82) is 0 Å². The number of rotatable bonds is 7. The third kappa shape index (κ3) is 6.10. The van der Waals surface area contributed by atoms with Gasteiger partial charge in [-0.05, 0) is 13.3 Å². The molecular formula is C11H24N2O2. The molecule has 0 aromatic carbocycles. The molecule has 1 heterocycles. The molecule has 0 spiro atoms. The number of hydrogen-bond donors (Lipinski definition) is 1. The maximum absolute atomic E-state index is 5.42. The van der Waals surface area contributed by atoms with E-state index < -0.39 is 0 Å². The summed E-state index contributed by atoms with van der Waals surface area (Å²) in [4.78, 5) is 2.50. The normalized spacial score (nSPS) is 23.2. The first-order valence-corrected chi connectivity index (χ1v) is 5.85. The molecule has 4 nitrogen and oxygen atoms in total. The maximum atomic E-state index is 5.42. The van der Waals surface area contributed by atoms with Gasteiger partial charge in [0.15, 0.2) is 0 Å². The molecule has 0 aliphatic carbocycles. The third-order valence-corrected chi connectivity index (χ3v) is 2.65. The topological polar surface area (TPSA) is 33.7 Å². The average Bonchev–Trinajstić information content (AvgIpc) is 2.23. The molecule has 15 heavy (non-hydrogen) atoms. The number of hydrogen-bond acceptors (Lipinski definition) is 4. The SMILES string of the molecule is COCCOCCCN1CCN[C@@H](C)C1. The van der Waals surface area contributed by atoms with E-state index in [0.29, 0.717) is 19.3 Å². The maximum Gasteiger partial charge on any atom is 0.0700 e. The number of nitrogens with zero attached hydrogens (tertiary/aromatic N) is 1. The Balaban J connectivity index is 1.90. The van der Waals surface area contributed by atoms with E-state index in [4.69, 9.17) is 9.47 Å². The van der Waals surface area contributed by atoms with E-state index >= 15 is 0 Å². The lowest BCUT2D eigenvalue weighted by molar-refractivity contribution is 0.0637. The van der Waals surface area contributed by atoms with Crippen LogP contribution in [-0.4, -0.2) is 64.1 Å². The summed E-state index contributed by atoms with van der Waals surface area (Å²) in [6.45, 7) is 9.10. The molecular weight excluding hydrogens is 192 g/mol. The molecule has 0 radical (unpaired) electrons. The lowest BCUT2D eigenvalue weighted by Gasteiger charge is -2.31. The van der Waals surface area contributed by atoms with E-state index in [1.165, 1.54) is 6.54 Å². The van der Waals surface area contributed by atoms with Crippen molar-refractivity contribution in [3.05, 3.63) is 0 Å². The van der Waals surface area contributed by atoms with Crippen LogP contribution in [0.2, 0.25) is 0 Å². The van der Waals surface area contributed by atoms with Crippen LogP contribution in [0.1, 0.15) is 13.3 Å². The lowest BCUT2D eigenvalue weighted by Crippen LogP contribution is -2.49. The van der Waals surface area contributed by atoms with Crippen LogP contribution in [0.5, 0.6) is 0 Å². The van der Waals surface area contributed by atoms with Gasteiger partial charge in [-0.15, -0.1) is 0 Å². The van der Waals surface area contributed by atoms with Gasteiger partial charge >= 0.3 is 0 Å². The summed E-state index contributed by atoms with van der Waals surface area (Å²) in [7, 11) is 1.70. The highest BCUT2D eigenvalue weighted by molar-refractivity contribution is 4.74. The van der Waals surface area contributed by atoms with E-state index in [1.807, 2.05) is 0 Å². The molecule has 1 rings (SSSR count). The third-order valence-electron chi connectivity index (χ3n) is 2.65. The van der Waals surface area contributed by atoms with Crippen LogP contribution in [0.4, 0.5) is 0 Å². The van der Waals surface area contributed by atoms with Gasteiger partial charge in [0, 0.05) is 45.9 Å². The van der Waals surface area contributed by atoms with Crippen LogP contribution < -0.4 is 5.32 Å². The number of methoxy groups -OCH3 is 1. The largest absolute Gasteiger partial charge is 0.382 e. The van der Waals surface area contributed by atoms with Crippen LogP contribution in [0.3, 0.4) is 0 Å². The van der Waals surface area contributed by atoms with Crippen molar-refractivity contribution in [2.45, 2.75) is 19.4 Å². The number of nitrogens with one attached hydrogen (secondary N) is 1. The molecule has 0 aromatic rings. The van der Waals surface area contributed by atoms with Crippen molar-refractivity contribution < 1.29 is 9.47 Å². The Kier molecular flexibility index (Phi) is 6.92. The summed E-state index contributed by atoms with van der Waals surface area (Å²) in [5, 5.41) is 3.44. The fraction of sp³-hybridized carbons (Fsp3) is 1.00. The fourth-order valence-electron chi connectivity index (χ4n) is 1.85. The monoisotopic (exact) mass is 216 g/mol. The predicted molar refractivity (Wildman–Crippen MR) is 61.2 cm³/mol. The van der Waals surface area contributed by atoms with Gasteiger partial charge in [-0.2, -0.15) is 0 Å². The van der Waals surface area contributed by atoms with Crippen LogP contribution in [-0.2, 0) is 9.47 Å². The molecule has 4 heteroatoms. The Bertz CT molecular complexity index is 156. The molecule has 0 unspecified atom stereocenters. The van der Waals surface area contributed by atoms with Gasteiger partial charge in [0.05, 0.1) is 13.2 Å². The molecule has 1 fully saturated rings. The van der Waals surface area contributed by atoms with Gasteiger partial charge in [-0.1, -0.05) is 0 Å². The van der Waals surface area contributed by atoms with Gasteiger partial charge < -0.3 is 19.7 Å². The number of ether oxygens (including phenoxy) is 2. The van der Waals surface area contributed by atoms with Crippen LogP contribution in [0.15, 0.2) is 0 Å². The Morgan fingerprint density at radius 2 is 2.20 bits per heavy atom. The van der Waals surface area contributed by atoms with Crippen molar-refractivity contribution in [3.63, 3.8) is 0 Å². The second-order valence-electron chi connectivity index (χ2n) is 4.11. The van der Waals surface area contributed by atoms with Crippen molar-refractivity contribution in [1.82, 2.24) is 10.2 Å². The molecule has 1 aliphatic rings. The molecule has 1 N–H and O–H groups in total. The van der Waals surface area contributed by atoms with E-state index in [0.717, 1.165) is 32.7 Å². The highest BCUT2D eigenvalue weighted by atomic mass is 16.5. The first kappa shape index (κ1) is 12.9. The highest BCUT2D eigenvalue weighted by Gasteiger charge is 2.14. The van der Waals surface area contributed by atoms with Gasteiger partial charge in [0.2, 0.25) is 0 Å². The molecule has 1 atom stereocenters. The fourth-order valence-corrected chi connectivity index (χ4v) is 1.85. The summed E-state index contributed by atoms with van der Waals surface area (Å²) < 4.78 is 10.3. The summed E-state index contributed by atoms with van der Waals surface area (Å²) in [5.41, 5.74) is 0. The summed E-state index contributed by atoms with van der Waals surface area (Å²) in [6.07, 6.45) is 1.12. The van der Waals surface area contributed by atoms with Crippen molar-refractivity contribution in [2.75, 3.05) is 53.1 Å². The second kappa shape index (κ2) is 8.05. The molecule has 0 saturated carbocycles. The van der Waals surface area contributed by atoms with Crippen LogP contribution >= 0.6 is 0 Å². The number of piperazine rings is 1. The van der Waals surface area contributed by atoms with Crippen molar-refractivity contribution in [3.8, 4) is 0 Å². The Morgan fingerprint density at radius 1 is 1.33 bits per heavy atom. The minimum Gasteiger partial charge on any atom is -0.382 e. The average molecular weight is 216 g/mol. The van der Waals surface area contributed by atoms with E-state index in [9.17, 15) is 0 Å². The minimum absolute atomic E-state index is 0.633. The first-order valence-electron chi connectivity index (χ1n) is 5.85. The van der Waals surface area contributed by atoms with E-state index in [-0.39, 0.29) is 0 Å². The quantitative estimate of drug-likeness (QED) is 0.622. The van der Waals surface area contributed by atoms with Crippen molar-refractivity contribution >= 4 is 0 Å². The molecule has 90 valence electrons. The van der Waals surface area contributed by atoms with Gasteiger partial charge in [0.1, 0.15) is 0 Å². The van der Waals surface area contributed by atoms with Crippen LogP contribution in [0.25, 0.3) is 0 Å². The second-order valence-corrected chi connectivity index (χ2v) is 4.11. The van der Waals surface area contributed by atoms with Gasteiger partial charge in [-0.3, -0.25) is 0 Å². The zero-order valence-corrected chi connectivity index (χ0v) is 10.00.